The van der Waals surface area contributed by atoms with Crippen LogP contribution in [0.15, 0.2) is 23.0 Å². The molecule has 2 aromatic heterocycles. The van der Waals surface area contributed by atoms with Crippen molar-refractivity contribution in [2.75, 3.05) is 13.1 Å². The number of rotatable bonds is 3. The van der Waals surface area contributed by atoms with Crippen LogP contribution in [0.3, 0.4) is 0 Å². The zero-order valence-corrected chi connectivity index (χ0v) is 15.8. The Morgan fingerprint density at radius 3 is 2.85 bits per heavy atom. The molecule has 1 aliphatic rings. The van der Waals surface area contributed by atoms with Gasteiger partial charge in [0.15, 0.2) is 0 Å². The standard InChI is InChI=1S/C18H23N7O2/c1-4-25-16(20-23(3)18(25)27)13-6-5-9-24(11-13)17(26)12-7-8-15-14(10-12)19-21-22(15)2/h7-8,10,13H,4-6,9,11H2,1-3H3/t13-/m1/s1. The molecule has 1 atom stereocenters. The van der Waals surface area contributed by atoms with Gasteiger partial charge in [-0.3, -0.25) is 9.36 Å². The Kier molecular flexibility index (Phi) is 4.29. The average Bonchev–Trinajstić information content (AvgIpc) is 3.20. The maximum Gasteiger partial charge on any atom is 0.345 e. The second-order valence-electron chi connectivity index (χ2n) is 7.02. The molecule has 9 heteroatoms. The Morgan fingerprint density at radius 2 is 2.07 bits per heavy atom. The van der Waals surface area contributed by atoms with Gasteiger partial charge in [0.1, 0.15) is 11.3 Å². The Bertz CT molecular complexity index is 1060. The first kappa shape index (κ1) is 17.4. The fraction of sp³-hybridized carbons (Fsp3) is 0.500. The molecule has 0 N–H and O–H groups in total. The first-order chi connectivity index (χ1) is 13.0. The molecule has 0 unspecified atom stereocenters. The van der Waals surface area contributed by atoms with Gasteiger partial charge in [0, 0.05) is 45.2 Å². The van der Waals surface area contributed by atoms with E-state index in [1.165, 1.54) is 4.68 Å². The summed E-state index contributed by atoms with van der Waals surface area (Å²) in [6.07, 6.45) is 1.81. The smallest absolute Gasteiger partial charge is 0.338 e. The van der Waals surface area contributed by atoms with Gasteiger partial charge in [0.2, 0.25) is 0 Å². The molecule has 1 aliphatic heterocycles. The van der Waals surface area contributed by atoms with Gasteiger partial charge in [-0.15, -0.1) is 5.10 Å². The second-order valence-corrected chi connectivity index (χ2v) is 7.02. The largest absolute Gasteiger partial charge is 0.345 e. The van der Waals surface area contributed by atoms with E-state index in [1.807, 2.05) is 31.0 Å². The SMILES string of the molecule is CCn1c([C@@H]2CCCN(C(=O)c3ccc4c(c3)nnn4C)C2)nn(C)c1=O. The van der Waals surface area contributed by atoms with Gasteiger partial charge in [-0.1, -0.05) is 5.21 Å². The van der Waals surface area contributed by atoms with E-state index in [1.54, 1.807) is 22.4 Å². The topological polar surface area (TPSA) is 90.8 Å². The summed E-state index contributed by atoms with van der Waals surface area (Å²) in [5.74, 6) is 0.817. The van der Waals surface area contributed by atoms with Crippen LogP contribution in [-0.2, 0) is 20.6 Å². The van der Waals surface area contributed by atoms with Crippen LogP contribution < -0.4 is 5.69 Å². The third kappa shape index (κ3) is 2.92. The van der Waals surface area contributed by atoms with Crippen LogP contribution in [-0.4, -0.2) is 53.2 Å². The molecule has 27 heavy (non-hydrogen) atoms. The highest BCUT2D eigenvalue weighted by Gasteiger charge is 2.29. The lowest BCUT2D eigenvalue weighted by molar-refractivity contribution is 0.0703. The van der Waals surface area contributed by atoms with E-state index in [4.69, 9.17) is 0 Å². The number of likely N-dealkylation sites (tertiary alicyclic amines) is 1. The molecule has 4 rings (SSSR count). The van der Waals surface area contributed by atoms with Crippen molar-refractivity contribution in [3.05, 3.63) is 40.1 Å². The van der Waals surface area contributed by atoms with Crippen molar-refractivity contribution < 1.29 is 4.79 Å². The van der Waals surface area contributed by atoms with Crippen LogP contribution in [0.25, 0.3) is 11.0 Å². The number of carbonyl (C=O) groups excluding carboxylic acids is 1. The summed E-state index contributed by atoms with van der Waals surface area (Å²) in [4.78, 5) is 27.1. The van der Waals surface area contributed by atoms with E-state index in [2.05, 4.69) is 15.4 Å². The van der Waals surface area contributed by atoms with Gasteiger partial charge in [-0.25, -0.2) is 14.2 Å². The number of fused-ring (bicyclic) bond motifs is 1. The molecule has 0 spiro atoms. The Hall–Kier alpha value is -2.97. The molecule has 3 aromatic rings. The summed E-state index contributed by atoms with van der Waals surface area (Å²) in [6.45, 7) is 3.79. The highest BCUT2D eigenvalue weighted by Crippen LogP contribution is 2.26. The summed E-state index contributed by atoms with van der Waals surface area (Å²) in [6, 6.07) is 5.48. The Labute approximate surface area is 156 Å². The number of hydrogen-bond acceptors (Lipinski definition) is 5. The van der Waals surface area contributed by atoms with Crippen LogP contribution in [0.2, 0.25) is 0 Å². The van der Waals surface area contributed by atoms with E-state index in [0.717, 1.165) is 24.2 Å². The number of aryl methyl sites for hydroxylation is 2. The maximum absolute atomic E-state index is 13.0. The number of amides is 1. The summed E-state index contributed by atoms with van der Waals surface area (Å²) in [7, 11) is 3.49. The predicted octanol–water partition coefficient (Wildman–Crippen LogP) is 0.903. The van der Waals surface area contributed by atoms with E-state index in [0.29, 0.717) is 30.7 Å². The highest BCUT2D eigenvalue weighted by atomic mass is 16.2. The molecule has 0 radical (unpaired) electrons. The van der Waals surface area contributed by atoms with Gasteiger partial charge >= 0.3 is 5.69 Å². The lowest BCUT2D eigenvalue weighted by Gasteiger charge is -2.32. The minimum absolute atomic E-state index is 0.0198. The van der Waals surface area contributed by atoms with Crippen molar-refractivity contribution in [3.63, 3.8) is 0 Å². The molecule has 1 aromatic carbocycles. The fourth-order valence-corrected chi connectivity index (χ4v) is 3.85. The maximum atomic E-state index is 13.0. The zero-order chi connectivity index (χ0) is 19.1. The van der Waals surface area contributed by atoms with Gasteiger partial charge in [-0.2, -0.15) is 5.10 Å². The molecule has 1 amide bonds. The Balaban J connectivity index is 1.59. The predicted molar refractivity (Wildman–Crippen MR) is 99.5 cm³/mol. The molecule has 0 aliphatic carbocycles. The van der Waals surface area contributed by atoms with Crippen molar-refractivity contribution >= 4 is 16.9 Å². The molecule has 3 heterocycles. The first-order valence-electron chi connectivity index (χ1n) is 9.22. The van der Waals surface area contributed by atoms with Crippen molar-refractivity contribution in [1.29, 1.82) is 0 Å². The monoisotopic (exact) mass is 369 g/mol. The number of benzene rings is 1. The minimum Gasteiger partial charge on any atom is -0.338 e. The van der Waals surface area contributed by atoms with E-state index in [-0.39, 0.29) is 17.5 Å². The molecule has 0 saturated carbocycles. The average molecular weight is 369 g/mol. The van der Waals surface area contributed by atoms with E-state index < -0.39 is 0 Å². The van der Waals surface area contributed by atoms with Gasteiger partial charge < -0.3 is 4.90 Å². The highest BCUT2D eigenvalue weighted by molar-refractivity contribution is 5.97. The van der Waals surface area contributed by atoms with Crippen LogP contribution in [0.5, 0.6) is 0 Å². The first-order valence-corrected chi connectivity index (χ1v) is 9.22. The fourth-order valence-electron chi connectivity index (χ4n) is 3.85. The van der Waals surface area contributed by atoms with Crippen molar-refractivity contribution in [3.8, 4) is 0 Å². The molecule has 1 fully saturated rings. The minimum atomic E-state index is -0.107. The number of nitrogens with zero attached hydrogens (tertiary/aromatic N) is 7. The van der Waals surface area contributed by atoms with Crippen molar-refractivity contribution in [1.82, 2.24) is 34.2 Å². The zero-order valence-electron chi connectivity index (χ0n) is 15.8. The van der Waals surface area contributed by atoms with Crippen molar-refractivity contribution in [2.45, 2.75) is 32.2 Å². The molecule has 9 nitrogen and oxygen atoms in total. The number of piperidine rings is 1. The third-order valence-corrected chi connectivity index (χ3v) is 5.28. The molecular formula is C18H23N7O2. The van der Waals surface area contributed by atoms with Crippen LogP contribution in [0.1, 0.15) is 41.9 Å². The van der Waals surface area contributed by atoms with Gasteiger partial charge in [0.25, 0.3) is 5.91 Å². The number of hydrogen-bond donors (Lipinski definition) is 0. The quantitative estimate of drug-likeness (QED) is 0.684. The van der Waals surface area contributed by atoms with Crippen LogP contribution in [0, 0.1) is 0 Å². The number of aromatic nitrogens is 6. The molecule has 142 valence electrons. The summed E-state index contributed by atoms with van der Waals surface area (Å²) in [5, 5.41) is 12.5. The molecule has 1 saturated heterocycles. The van der Waals surface area contributed by atoms with Crippen LogP contribution in [0.4, 0.5) is 0 Å². The summed E-state index contributed by atoms with van der Waals surface area (Å²) in [5.41, 5.74) is 2.10. The molecule has 0 bridgehead atoms. The summed E-state index contributed by atoms with van der Waals surface area (Å²) < 4.78 is 4.76. The summed E-state index contributed by atoms with van der Waals surface area (Å²) >= 11 is 0. The van der Waals surface area contributed by atoms with E-state index >= 15 is 0 Å². The normalized spacial score (nSPS) is 17.6. The van der Waals surface area contributed by atoms with Crippen molar-refractivity contribution in [2.24, 2.45) is 14.1 Å². The van der Waals surface area contributed by atoms with Crippen LogP contribution >= 0.6 is 0 Å². The Morgan fingerprint density at radius 1 is 1.26 bits per heavy atom. The number of carbonyl (C=O) groups is 1. The third-order valence-electron chi connectivity index (χ3n) is 5.28. The van der Waals surface area contributed by atoms with Gasteiger partial charge in [-0.05, 0) is 38.0 Å². The lowest BCUT2D eigenvalue weighted by atomic mass is 9.96. The van der Waals surface area contributed by atoms with Gasteiger partial charge in [0.05, 0.1) is 5.52 Å². The second kappa shape index (κ2) is 6.64. The molecular weight excluding hydrogens is 346 g/mol. The van der Waals surface area contributed by atoms with E-state index in [9.17, 15) is 9.59 Å². The lowest BCUT2D eigenvalue weighted by Crippen LogP contribution is -2.40.